The molecule has 36 heavy (non-hydrogen) atoms. The molecule has 0 aliphatic carbocycles. The number of nitrogens with zero attached hydrogens (tertiary/aromatic N) is 2. The Morgan fingerprint density at radius 1 is 1.17 bits per heavy atom. The molecule has 194 valence electrons. The summed E-state index contributed by atoms with van der Waals surface area (Å²) in [4.78, 5) is 6.16. The van der Waals surface area contributed by atoms with Crippen molar-refractivity contribution in [3.05, 3.63) is 108 Å². The highest BCUT2D eigenvalue weighted by atomic mass is 19.1. The van der Waals surface area contributed by atoms with Crippen LogP contribution in [0.1, 0.15) is 54.4 Å². The predicted octanol–water partition coefficient (Wildman–Crippen LogP) is 7.38. The van der Waals surface area contributed by atoms with E-state index in [2.05, 4.69) is 49.5 Å². The van der Waals surface area contributed by atoms with E-state index in [-0.39, 0.29) is 0 Å². The van der Waals surface area contributed by atoms with E-state index in [0.29, 0.717) is 29.5 Å². The van der Waals surface area contributed by atoms with Gasteiger partial charge in [-0.25, -0.2) is 9.38 Å². The van der Waals surface area contributed by atoms with Gasteiger partial charge in [0, 0.05) is 12.2 Å². The van der Waals surface area contributed by atoms with E-state index in [1.165, 1.54) is 20.1 Å². The Hall–Kier alpha value is -3.78. The Morgan fingerprint density at radius 2 is 1.81 bits per heavy atom. The predicted molar refractivity (Wildman–Crippen MR) is 157 cm³/mol. The van der Waals surface area contributed by atoms with E-state index < -0.39 is 5.67 Å². The molecule has 0 amide bonds. The van der Waals surface area contributed by atoms with Crippen molar-refractivity contribution >= 4 is 6.21 Å². The Balaban J connectivity index is 5.82. The molecule has 0 aliphatic rings. The van der Waals surface area contributed by atoms with Gasteiger partial charge in [-0.05, 0) is 69.9 Å². The van der Waals surface area contributed by atoms with E-state index in [9.17, 15) is 4.39 Å². The molecular formula is C31H43FN4. The smallest absolute Gasteiger partial charge is 0.129 e. The minimum Gasteiger partial charge on any atom is -0.397 e. The van der Waals surface area contributed by atoms with Crippen LogP contribution in [-0.2, 0) is 0 Å². The number of alkyl halides is 1. The molecule has 0 bridgehead atoms. The first kappa shape index (κ1) is 32.2. The zero-order valence-electron chi connectivity index (χ0n) is 22.9. The summed E-state index contributed by atoms with van der Waals surface area (Å²) in [6.07, 6.45) is 19.3. The molecule has 0 fully saturated rings. The monoisotopic (exact) mass is 490 g/mol. The van der Waals surface area contributed by atoms with Crippen LogP contribution >= 0.6 is 0 Å². The van der Waals surface area contributed by atoms with Crippen LogP contribution in [0, 0.1) is 12.3 Å². The summed E-state index contributed by atoms with van der Waals surface area (Å²) in [7, 11) is 0. The molecule has 0 spiro atoms. The van der Waals surface area contributed by atoms with Crippen LogP contribution in [0.25, 0.3) is 0 Å². The molecule has 0 rings (SSSR count). The van der Waals surface area contributed by atoms with Crippen molar-refractivity contribution < 1.29 is 4.39 Å². The maximum Gasteiger partial charge on any atom is 0.129 e. The fourth-order valence-corrected chi connectivity index (χ4v) is 2.79. The second-order valence-corrected chi connectivity index (χ2v) is 8.86. The maximum atomic E-state index is 13.9. The fraction of sp³-hybridized carbons (Fsp3) is 0.323. The van der Waals surface area contributed by atoms with Gasteiger partial charge in [0.25, 0.3) is 0 Å². The average Bonchev–Trinajstić information content (AvgIpc) is 2.81. The zero-order chi connectivity index (χ0) is 27.9. The Labute approximate surface area is 218 Å². The lowest BCUT2D eigenvalue weighted by atomic mass is 10.0. The van der Waals surface area contributed by atoms with Crippen LogP contribution in [0.3, 0.4) is 0 Å². The molecular weight excluding hydrogens is 447 g/mol. The van der Waals surface area contributed by atoms with Crippen LogP contribution < -0.4 is 11.1 Å². The highest BCUT2D eigenvalue weighted by Crippen LogP contribution is 2.21. The molecule has 0 atom stereocenters. The van der Waals surface area contributed by atoms with Crippen LogP contribution in [0.15, 0.2) is 113 Å². The summed E-state index contributed by atoms with van der Waals surface area (Å²) in [5.41, 5.74) is 9.48. The number of hydrogen-bond acceptors (Lipinski definition) is 4. The van der Waals surface area contributed by atoms with Gasteiger partial charge in [0.2, 0.25) is 0 Å². The van der Waals surface area contributed by atoms with Crippen molar-refractivity contribution in [2.24, 2.45) is 10.7 Å². The molecule has 0 aromatic heterocycles. The van der Waals surface area contributed by atoms with Crippen molar-refractivity contribution in [3.63, 3.8) is 0 Å². The van der Waals surface area contributed by atoms with Gasteiger partial charge in [-0.1, -0.05) is 75.5 Å². The second-order valence-electron chi connectivity index (χ2n) is 8.86. The Kier molecular flexibility index (Phi) is 14.3. The maximum absolute atomic E-state index is 13.9. The number of nitrogens with two attached hydrogens (primary N) is 1. The van der Waals surface area contributed by atoms with Crippen molar-refractivity contribution in [1.82, 2.24) is 10.2 Å². The summed E-state index contributed by atoms with van der Waals surface area (Å²) >= 11 is 0. The molecule has 0 aromatic rings. The first-order chi connectivity index (χ1) is 16.8. The van der Waals surface area contributed by atoms with Gasteiger partial charge >= 0.3 is 0 Å². The summed E-state index contributed by atoms with van der Waals surface area (Å²) in [6.45, 7) is 27.5. The molecule has 0 radical (unpaired) electrons. The molecule has 3 N–H and O–H groups in total. The average molecular weight is 491 g/mol. The minimum absolute atomic E-state index is 0.403. The lowest BCUT2D eigenvalue weighted by Gasteiger charge is -2.29. The number of nitrogens with one attached hydrogen (secondary N) is 1. The number of aliphatic imine (C=N–C) groups is 1. The van der Waals surface area contributed by atoms with Crippen molar-refractivity contribution in [3.8, 4) is 12.3 Å². The number of terminal acetylenes is 1. The van der Waals surface area contributed by atoms with Crippen molar-refractivity contribution in [2.45, 2.75) is 60.1 Å². The fourth-order valence-electron chi connectivity index (χ4n) is 2.79. The number of rotatable bonds is 15. The van der Waals surface area contributed by atoms with Crippen LogP contribution in [0.4, 0.5) is 4.39 Å². The molecule has 0 saturated carbocycles. The highest BCUT2D eigenvalue weighted by Gasteiger charge is 2.17. The van der Waals surface area contributed by atoms with Gasteiger partial charge in [-0.3, -0.25) is 0 Å². The van der Waals surface area contributed by atoms with Gasteiger partial charge in [0.1, 0.15) is 17.3 Å². The number of hydrogen-bond donors (Lipinski definition) is 2. The van der Waals surface area contributed by atoms with Gasteiger partial charge in [-0.2, -0.15) is 0 Å². The largest absolute Gasteiger partial charge is 0.397 e. The molecule has 0 aromatic carbocycles. The van der Waals surface area contributed by atoms with E-state index in [4.69, 9.17) is 12.2 Å². The lowest BCUT2D eigenvalue weighted by molar-refractivity contribution is 0.275. The first-order valence-electron chi connectivity index (χ1n) is 11.9. The lowest BCUT2D eigenvalue weighted by Crippen LogP contribution is -2.32. The van der Waals surface area contributed by atoms with E-state index >= 15 is 0 Å². The van der Waals surface area contributed by atoms with Gasteiger partial charge < -0.3 is 16.0 Å². The van der Waals surface area contributed by atoms with Crippen LogP contribution in [0.5, 0.6) is 0 Å². The summed E-state index contributed by atoms with van der Waals surface area (Å²) in [5, 5.41) is 3.19. The molecule has 5 heteroatoms. The standard InChI is InChI=1S/C31H43FN4/c1-12-16-23(4)22-36(28(9)35-30(14-3)34-21-13-2)27(8)29(33)20-19-25(6)24(5)17-15-18-26(7)31(10,11)32/h2,14-15,17-21,35H,4,6-7,9,12,16,22,33H2,1,3,5,8,10-11H3/b18-15-,20-19-,24-17+,29-27-,30-14+,34-21?. The number of allylic oxidation sites excluding steroid dienone is 10. The molecule has 0 aliphatic heterocycles. The molecule has 4 nitrogen and oxygen atoms in total. The molecule has 0 heterocycles. The van der Waals surface area contributed by atoms with Crippen LogP contribution in [-0.4, -0.2) is 23.3 Å². The van der Waals surface area contributed by atoms with Gasteiger partial charge in [0.15, 0.2) is 0 Å². The summed E-state index contributed by atoms with van der Waals surface area (Å²) in [5.74, 6) is 3.55. The Bertz CT molecular complexity index is 1050. The normalized spacial score (nSPS) is 13.6. The molecule has 0 unspecified atom stereocenters. The van der Waals surface area contributed by atoms with E-state index in [1.807, 2.05) is 37.8 Å². The summed E-state index contributed by atoms with van der Waals surface area (Å²) < 4.78 is 13.9. The zero-order valence-corrected chi connectivity index (χ0v) is 22.9. The summed E-state index contributed by atoms with van der Waals surface area (Å²) in [6, 6.07) is 0. The third-order valence-electron chi connectivity index (χ3n) is 5.34. The van der Waals surface area contributed by atoms with Gasteiger partial charge in [0.05, 0.1) is 11.9 Å². The Morgan fingerprint density at radius 3 is 2.33 bits per heavy atom. The highest BCUT2D eigenvalue weighted by molar-refractivity contribution is 5.78. The van der Waals surface area contributed by atoms with Crippen molar-refractivity contribution in [2.75, 3.05) is 6.54 Å². The second kappa shape index (κ2) is 16.0. The van der Waals surface area contributed by atoms with E-state index in [1.54, 1.807) is 24.3 Å². The number of halogens is 1. The van der Waals surface area contributed by atoms with Gasteiger partial charge in [-0.15, -0.1) is 6.42 Å². The minimum atomic E-state index is -1.46. The third kappa shape index (κ3) is 12.1. The van der Waals surface area contributed by atoms with Crippen molar-refractivity contribution in [1.29, 1.82) is 0 Å². The topological polar surface area (TPSA) is 53.7 Å². The SMILES string of the molecule is C#CC=N/C(=C\C)NC(=C)N(CC(=C)CCC)/C(C)=C(N)/C=C\C(=C)/C(C)=C/C=C\C(=C)C(C)(C)F. The molecule has 0 saturated heterocycles. The quantitative estimate of drug-likeness (QED) is 0.109. The third-order valence-corrected chi connectivity index (χ3v) is 5.34. The first-order valence-corrected chi connectivity index (χ1v) is 11.9. The van der Waals surface area contributed by atoms with E-state index in [0.717, 1.165) is 35.3 Å². The van der Waals surface area contributed by atoms with Crippen LogP contribution in [0.2, 0.25) is 0 Å².